The normalized spacial score (nSPS) is 12.0. The lowest BCUT2D eigenvalue weighted by Crippen LogP contribution is -2.19. The molecule has 0 saturated carbocycles. The van der Waals surface area contributed by atoms with Crippen LogP contribution in [0.15, 0.2) is 56.9 Å². The largest absolute Gasteiger partial charge is 0.507 e. The van der Waals surface area contributed by atoms with E-state index in [1.807, 2.05) is 0 Å². The summed E-state index contributed by atoms with van der Waals surface area (Å²) in [5.41, 5.74) is 0.732. The van der Waals surface area contributed by atoms with Gasteiger partial charge in [-0.25, -0.2) is 0 Å². The monoisotopic (exact) mass is 398 g/mol. The molecule has 122 valence electrons. The van der Waals surface area contributed by atoms with Crippen LogP contribution in [-0.4, -0.2) is 26.3 Å². The summed E-state index contributed by atoms with van der Waals surface area (Å²) in [5, 5.41) is 13.8. The van der Waals surface area contributed by atoms with Gasteiger partial charge >= 0.3 is 0 Å². The van der Waals surface area contributed by atoms with Crippen molar-refractivity contribution in [1.29, 1.82) is 0 Å². The second kappa shape index (κ2) is 7.01. The number of hydrogen-bond acceptors (Lipinski definition) is 5. The summed E-state index contributed by atoms with van der Waals surface area (Å²) in [6, 6.07) is 10.8. The van der Waals surface area contributed by atoms with Crippen LogP contribution in [0.3, 0.4) is 0 Å². The maximum Gasteiger partial charge on any atom is 0.276 e. The van der Waals surface area contributed by atoms with Gasteiger partial charge in [0.05, 0.1) is 17.7 Å². The first kappa shape index (κ1) is 17.3. The number of rotatable bonds is 5. The maximum absolute atomic E-state index is 12.1. The zero-order valence-corrected chi connectivity index (χ0v) is 14.8. The van der Waals surface area contributed by atoms with E-state index < -0.39 is 10.0 Å². The highest BCUT2D eigenvalue weighted by Crippen LogP contribution is 2.24. The SMILES string of the molecule is COc1ccc(C(C)=NNS(=O)(=O)c2ccc(Br)cc2)c(O)c1. The summed E-state index contributed by atoms with van der Waals surface area (Å²) in [4.78, 5) is 2.25. The summed E-state index contributed by atoms with van der Waals surface area (Å²) >= 11 is 3.24. The lowest BCUT2D eigenvalue weighted by atomic mass is 10.1. The minimum absolute atomic E-state index is 0.0477. The molecular formula is C15H15BrN2O4S. The summed E-state index contributed by atoms with van der Waals surface area (Å²) < 4.78 is 30.1. The number of sulfonamides is 1. The average Bonchev–Trinajstić information content (AvgIpc) is 2.53. The molecule has 0 aliphatic heterocycles. The Morgan fingerprint density at radius 2 is 1.87 bits per heavy atom. The molecule has 2 rings (SSSR count). The molecule has 0 fully saturated rings. The van der Waals surface area contributed by atoms with Crippen LogP contribution in [-0.2, 0) is 10.0 Å². The van der Waals surface area contributed by atoms with Crippen LogP contribution < -0.4 is 9.57 Å². The first-order valence-corrected chi connectivity index (χ1v) is 8.80. The van der Waals surface area contributed by atoms with Crippen LogP contribution in [0.5, 0.6) is 11.5 Å². The fourth-order valence-corrected chi connectivity index (χ4v) is 2.92. The van der Waals surface area contributed by atoms with Crippen molar-refractivity contribution in [3.05, 3.63) is 52.5 Å². The van der Waals surface area contributed by atoms with Crippen LogP contribution in [0.2, 0.25) is 0 Å². The van der Waals surface area contributed by atoms with Gasteiger partial charge in [0.15, 0.2) is 0 Å². The molecule has 0 radical (unpaired) electrons. The third kappa shape index (κ3) is 4.23. The zero-order chi connectivity index (χ0) is 17.0. The number of phenolic OH excluding ortho intramolecular Hbond substituents is 1. The highest BCUT2D eigenvalue weighted by atomic mass is 79.9. The Hall–Kier alpha value is -2.06. The molecule has 0 spiro atoms. The van der Waals surface area contributed by atoms with Crippen LogP contribution >= 0.6 is 15.9 Å². The molecule has 0 amide bonds. The van der Waals surface area contributed by atoms with Crippen LogP contribution in [0.4, 0.5) is 0 Å². The average molecular weight is 399 g/mol. The van der Waals surface area contributed by atoms with E-state index in [4.69, 9.17) is 4.74 Å². The summed E-state index contributed by atoms with van der Waals surface area (Å²) in [5.74, 6) is 0.447. The number of phenols is 1. The van der Waals surface area contributed by atoms with E-state index in [0.717, 1.165) is 4.47 Å². The predicted molar refractivity (Wildman–Crippen MR) is 91.3 cm³/mol. The standard InChI is InChI=1S/C15H15BrN2O4S/c1-10(14-8-5-12(22-2)9-15(14)19)17-18-23(20,21)13-6-3-11(16)4-7-13/h3-9,18-19H,1-2H3. The van der Waals surface area contributed by atoms with Gasteiger partial charge in [0.1, 0.15) is 11.5 Å². The lowest BCUT2D eigenvalue weighted by Gasteiger charge is -2.08. The second-order valence-electron chi connectivity index (χ2n) is 4.63. The molecule has 6 nitrogen and oxygen atoms in total. The van der Waals surface area contributed by atoms with Crippen molar-refractivity contribution in [2.75, 3.05) is 7.11 Å². The van der Waals surface area contributed by atoms with Gasteiger partial charge in [-0.3, -0.25) is 0 Å². The Kier molecular flexibility index (Phi) is 5.27. The van der Waals surface area contributed by atoms with E-state index in [2.05, 4.69) is 25.9 Å². The van der Waals surface area contributed by atoms with E-state index in [1.54, 1.807) is 31.2 Å². The number of nitrogens with one attached hydrogen (secondary N) is 1. The molecule has 0 bridgehead atoms. The Bertz CT molecular complexity index is 833. The number of hydrogen-bond donors (Lipinski definition) is 2. The number of aromatic hydroxyl groups is 1. The molecule has 0 heterocycles. The van der Waals surface area contributed by atoms with Gasteiger partial charge in [0.25, 0.3) is 10.0 Å². The van der Waals surface area contributed by atoms with Crippen molar-refractivity contribution in [1.82, 2.24) is 4.83 Å². The number of ether oxygens (including phenoxy) is 1. The molecule has 0 unspecified atom stereocenters. The molecule has 8 heteroatoms. The van der Waals surface area contributed by atoms with Gasteiger partial charge in [-0.05, 0) is 43.3 Å². The smallest absolute Gasteiger partial charge is 0.276 e. The molecule has 0 aromatic heterocycles. The quantitative estimate of drug-likeness (QED) is 0.598. The molecule has 0 saturated heterocycles. The molecule has 23 heavy (non-hydrogen) atoms. The highest BCUT2D eigenvalue weighted by Gasteiger charge is 2.13. The Labute approximate surface area is 143 Å². The van der Waals surface area contributed by atoms with E-state index in [0.29, 0.717) is 17.0 Å². The minimum Gasteiger partial charge on any atom is -0.507 e. The van der Waals surface area contributed by atoms with Gasteiger partial charge in [0.2, 0.25) is 0 Å². The van der Waals surface area contributed by atoms with Crippen molar-refractivity contribution in [2.24, 2.45) is 5.10 Å². The predicted octanol–water partition coefficient (Wildman–Crippen LogP) is 2.87. The summed E-state index contributed by atoms with van der Waals surface area (Å²) in [6.07, 6.45) is 0. The third-order valence-electron chi connectivity index (χ3n) is 3.05. The topological polar surface area (TPSA) is 88.0 Å². The van der Waals surface area contributed by atoms with E-state index in [9.17, 15) is 13.5 Å². The lowest BCUT2D eigenvalue weighted by molar-refractivity contribution is 0.407. The van der Waals surface area contributed by atoms with Crippen molar-refractivity contribution in [3.63, 3.8) is 0 Å². The Morgan fingerprint density at radius 1 is 1.22 bits per heavy atom. The number of hydrazone groups is 1. The van der Waals surface area contributed by atoms with E-state index >= 15 is 0 Å². The highest BCUT2D eigenvalue weighted by molar-refractivity contribution is 9.10. The van der Waals surface area contributed by atoms with Crippen molar-refractivity contribution in [2.45, 2.75) is 11.8 Å². The molecular weight excluding hydrogens is 384 g/mol. The Balaban J connectivity index is 2.23. The molecule has 2 aromatic rings. The van der Waals surface area contributed by atoms with Crippen LogP contribution in [0, 0.1) is 0 Å². The minimum atomic E-state index is -3.77. The van der Waals surface area contributed by atoms with Crippen LogP contribution in [0.1, 0.15) is 12.5 Å². The maximum atomic E-state index is 12.1. The Morgan fingerprint density at radius 3 is 2.43 bits per heavy atom. The molecule has 2 N–H and O–H groups in total. The fourth-order valence-electron chi connectivity index (χ4n) is 1.80. The molecule has 0 aliphatic carbocycles. The summed E-state index contributed by atoms with van der Waals surface area (Å²) in [6.45, 7) is 1.59. The van der Waals surface area contributed by atoms with Gasteiger partial charge < -0.3 is 9.84 Å². The van der Waals surface area contributed by atoms with Crippen molar-refractivity contribution >= 4 is 31.7 Å². The molecule has 0 atom stereocenters. The number of halogens is 1. The molecule has 2 aromatic carbocycles. The number of methoxy groups -OCH3 is 1. The van der Waals surface area contributed by atoms with Gasteiger partial charge in [0, 0.05) is 16.1 Å². The first-order chi connectivity index (χ1) is 10.8. The van der Waals surface area contributed by atoms with Crippen molar-refractivity contribution in [3.8, 4) is 11.5 Å². The number of benzene rings is 2. The van der Waals surface area contributed by atoms with E-state index in [-0.39, 0.29) is 10.6 Å². The zero-order valence-electron chi connectivity index (χ0n) is 12.4. The van der Waals surface area contributed by atoms with Gasteiger partial charge in [-0.2, -0.15) is 18.4 Å². The van der Waals surface area contributed by atoms with Crippen molar-refractivity contribution < 1.29 is 18.3 Å². The third-order valence-corrected chi connectivity index (χ3v) is 4.81. The van der Waals surface area contributed by atoms with Gasteiger partial charge in [-0.15, -0.1) is 0 Å². The second-order valence-corrected chi connectivity index (χ2v) is 7.21. The fraction of sp³-hybridized carbons (Fsp3) is 0.133. The van der Waals surface area contributed by atoms with Crippen LogP contribution in [0.25, 0.3) is 0 Å². The first-order valence-electron chi connectivity index (χ1n) is 6.52. The summed E-state index contributed by atoms with van der Waals surface area (Å²) in [7, 11) is -2.28. The molecule has 0 aliphatic rings. The van der Waals surface area contributed by atoms with E-state index in [1.165, 1.54) is 25.3 Å². The van der Waals surface area contributed by atoms with Gasteiger partial charge in [-0.1, -0.05) is 15.9 Å². The number of nitrogens with zero attached hydrogens (tertiary/aromatic N) is 1.